The molecule has 0 amide bonds. The first-order valence-corrected chi connectivity index (χ1v) is 13.4. The minimum absolute atomic E-state index is 0.00506. The van der Waals surface area contributed by atoms with Gasteiger partial charge >= 0.3 is 6.16 Å². The van der Waals surface area contributed by atoms with Gasteiger partial charge in [0.15, 0.2) is 0 Å². The fourth-order valence-corrected chi connectivity index (χ4v) is 4.47. The molecule has 0 saturated carbocycles. The summed E-state index contributed by atoms with van der Waals surface area (Å²) in [5.74, 6) is 6.67. The lowest BCUT2D eigenvalue weighted by Gasteiger charge is -2.31. The Morgan fingerprint density at radius 3 is 2.44 bits per heavy atom. The summed E-state index contributed by atoms with van der Waals surface area (Å²) in [6.07, 6.45) is 2.00. The van der Waals surface area contributed by atoms with Crippen LogP contribution in [0.1, 0.15) is 38.7 Å². The molecule has 0 fully saturated rings. The number of hydrogen-bond donors (Lipinski definition) is 0. The fourth-order valence-electron chi connectivity index (χ4n) is 2.66. The SMILES string of the molecule is CCCCC#C[C@@H]([C@H](COCc1ccccc1)OC(=O)OCC)[Si](C)(C)C. The predicted molar refractivity (Wildman–Crippen MR) is 112 cm³/mol. The maximum absolute atomic E-state index is 12.0. The highest BCUT2D eigenvalue weighted by atomic mass is 28.3. The van der Waals surface area contributed by atoms with Gasteiger partial charge in [-0.2, -0.15) is 0 Å². The van der Waals surface area contributed by atoms with Crippen LogP contribution in [0.5, 0.6) is 0 Å². The van der Waals surface area contributed by atoms with E-state index in [4.69, 9.17) is 14.2 Å². The zero-order valence-corrected chi connectivity index (χ0v) is 18.4. The number of rotatable bonds is 10. The molecule has 0 saturated heterocycles. The van der Waals surface area contributed by atoms with Gasteiger partial charge < -0.3 is 14.2 Å². The van der Waals surface area contributed by atoms with Gasteiger partial charge in [0.05, 0.1) is 33.4 Å². The van der Waals surface area contributed by atoms with E-state index in [-0.39, 0.29) is 12.1 Å². The van der Waals surface area contributed by atoms with Gasteiger partial charge in [0.2, 0.25) is 0 Å². The first-order chi connectivity index (χ1) is 12.9. The summed E-state index contributed by atoms with van der Waals surface area (Å²) in [6, 6.07) is 9.97. The smallest absolute Gasteiger partial charge is 0.435 e. The Labute approximate surface area is 165 Å². The van der Waals surface area contributed by atoms with Crippen LogP contribution in [0.4, 0.5) is 4.79 Å². The standard InChI is InChI=1S/C22H34O4Si/c1-6-8-9-13-16-21(27(3,4)5)20(26-22(23)25-7-2)18-24-17-19-14-11-10-12-15-19/h10-12,14-15,20-21H,6-9,17-18H2,1-5H3/t20-,21-/m0/s1. The highest BCUT2D eigenvalue weighted by Gasteiger charge is 2.35. The molecule has 5 heteroatoms. The molecule has 150 valence electrons. The van der Waals surface area contributed by atoms with Crippen molar-refractivity contribution >= 4 is 14.2 Å². The average molecular weight is 391 g/mol. The fraction of sp³-hybridized carbons (Fsp3) is 0.591. The number of carbonyl (C=O) groups is 1. The molecule has 1 aromatic rings. The molecule has 0 aliphatic carbocycles. The van der Waals surface area contributed by atoms with E-state index >= 15 is 0 Å². The van der Waals surface area contributed by atoms with E-state index in [0.717, 1.165) is 24.8 Å². The highest BCUT2D eigenvalue weighted by Crippen LogP contribution is 2.28. The van der Waals surface area contributed by atoms with Crippen molar-refractivity contribution in [3.63, 3.8) is 0 Å². The van der Waals surface area contributed by atoms with Crippen molar-refractivity contribution in [3.8, 4) is 11.8 Å². The summed E-state index contributed by atoms with van der Waals surface area (Å²) in [5.41, 5.74) is 1.08. The largest absolute Gasteiger partial charge is 0.508 e. The molecule has 0 heterocycles. The zero-order valence-electron chi connectivity index (χ0n) is 17.4. The number of unbranched alkanes of at least 4 members (excludes halogenated alkanes) is 2. The van der Waals surface area contributed by atoms with E-state index in [1.54, 1.807) is 6.92 Å². The lowest BCUT2D eigenvalue weighted by Crippen LogP contribution is -2.40. The van der Waals surface area contributed by atoms with Crippen LogP contribution < -0.4 is 0 Å². The van der Waals surface area contributed by atoms with Crippen molar-refractivity contribution < 1.29 is 19.0 Å². The highest BCUT2D eigenvalue weighted by molar-refractivity contribution is 6.78. The van der Waals surface area contributed by atoms with Gasteiger partial charge in [-0.15, -0.1) is 5.92 Å². The van der Waals surface area contributed by atoms with E-state index in [1.807, 2.05) is 30.3 Å². The van der Waals surface area contributed by atoms with Gasteiger partial charge in [-0.3, -0.25) is 0 Å². The maximum atomic E-state index is 12.0. The molecule has 2 atom stereocenters. The van der Waals surface area contributed by atoms with Crippen molar-refractivity contribution in [2.24, 2.45) is 0 Å². The van der Waals surface area contributed by atoms with Gasteiger partial charge in [0.25, 0.3) is 0 Å². The Hall–Kier alpha value is -1.77. The Kier molecular flexibility index (Phi) is 10.8. The Morgan fingerprint density at radius 1 is 1.15 bits per heavy atom. The third kappa shape index (κ3) is 9.65. The molecule has 0 spiro atoms. The Morgan fingerprint density at radius 2 is 1.85 bits per heavy atom. The van der Waals surface area contributed by atoms with Crippen LogP contribution in [0.3, 0.4) is 0 Å². The maximum Gasteiger partial charge on any atom is 0.508 e. The predicted octanol–water partition coefficient (Wildman–Crippen LogP) is 5.65. The second-order valence-electron chi connectivity index (χ2n) is 7.61. The van der Waals surface area contributed by atoms with Crippen molar-refractivity contribution in [2.75, 3.05) is 13.2 Å². The zero-order chi connectivity index (χ0) is 20.1. The molecule has 0 aliphatic heterocycles. The molecular formula is C22H34O4Si. The van der Waals surface area contributed by atoms with Gasteiger partial charge in [-0.05, 0) is 18.9 Å². The van der Waals surface area contributed by atoms with Crippen LogP contribution in [0.15, 0.2) is 30.3 Å². The van der Waals surface area contributed by atoms with Crippen molar-refractivity contribution in [2.45, 2.75) is 71.0 Å². The van der Waals surface area contributed by atoms with Crippen LogP contribution in [-0.2, 0) is 20.8 Å². The average Bonchev–Trinajstić information content (AvgIpc) is 2.61. The van der Waals surface area contributed by atoms with E-state index < -0.39 is 20.3 Å². The third-order valence-electron chi connectivity index (χ3n) is 4.12. The summed E-state index contributed by atoms with van der Waals surface area (Å²) in [5, 5.41) is 0. The molecule has 0 aliphatic rings. The molecule has 0 aromatic heterocycles. The number of hydrogen-bond acceptors (Lipinski definition) is 4. The summed E-state index contributed by atoms with van der Waals surface area (Å²) in [6.45, 7) is 11.7. The van der Waals surface area contributed by atoms with E-state index in [9.17, 15) is 4.79 Å². The molecule has 1 aromatic carbocycles. The molecule has 0 bridgehead atoms. The molecule has 1 rings (SSSR count). The summed E-state index contributed by atoms with van der Waals surface area (Å²) >= 11 is 0. The van der Waals surface area contributed by atoms with E-state index in [2.05, 4.69) is 38.4 Å². The number of benzene rings is 1. The van der Waals surface area contributed by atoms with Crippen LogP contribution >= 0.6 is 0 Å². The van der Waals surface area contributed by atoms with Gasteiger partial charge in [0.1, 0.15) is 6.10 Å². The van der Waals surface area contributed by atoms with Gasteiger partial charge in [-0.25, -0.2) is 4.79 Å². The second kappa shape index (κ2) is 12.6. The third-order valence-corrected chi connectivity index (χ3v) is 6.50. The number of ether oxygens (including phenoxy) is 3. The van der Waals surface area contributed by atoms with Crippen molar-refractivity contribution in [1.29, 1.82) is 0 Å². The van der Waals surface area contributed by atoms with Crippen LogP contribution in [0.2, 0.25) is 25.2 Å². The Bertz CT molecular complexity index is 598. The minimum atomic E-state index is -1.72. The Balaban J connectivity index is 2.86. The lowest BCUT2D eigenvalue weighted by molar-refractivity contribution is -0.0171. The van der Waals surface area contributed by atoms with Gasteiger partial charge in [-0.1, -0.05) is 69.2 Å². The monoisotopic (exact) mass is 390 g/mol. The minimum Gasteiger partial charge on any atom is -0.435 e. The molecule has 0 unspecified atom stereocenters. The molecule has 0 N–H and O–H groups in total. The second-order valence-corrected chi connectivity index (χ2v) is 13.0. The summed E-state index contributed by atoms with van der Waals surface area (Å²) in [4.78, 5) is 12.0. The van der Waals surface area contributed by atoms with E-state index in [0.29, 0.717) is 13.2 Å². The quantitative estimate of drug-likeness (QED) is 0.224. The van der Waals surface area contributed by atoms with Crippen LogP contribution in [0.25, 0.3) is 0 Å². The first-order valence-electron chi connectivity index (χ1n) is 9.82. The first kappa shape index (κ1) is 23.3. The normalized spacial score (nSPS) is 13.2. The topological polar surface area (TPSA) is 44.8 Å². The van der Waals surface area contributed by atoms with Crippen molar-refractivity contribution in [1.82, 2.24) is 0 Å². The summed E-state index contributed by atoms with van der Waals surface area (Å²) < 4.78 is 16.5. The van der Waals surface area contributed by atoms with Gasteiger partial charge in [0, 0.05) is 6.42 Å². The van der Waals surface area contributed by atoms with Crippen molar-refractivity contribution in [3.05, 3.63) is 35.9 Å². The van der Waals surface area contributed by atoms with E-state index in [1.165, 1.54) is 0 Å². The van der Waals surface area contributed by atoms with Crippen LogP contribution in [-0.4, -0.2) is 33.5 Å². The molecule has 0 radical (unpaired) electrons. The lowest BCUT2D eigenvalue weighted by atomic mass is 10.2. The molecule has 4 nitrogen and oxygen atoms in total. The molecule has 27 heavy (non-hydrogen) atoms. The molecular weight excluding hydrogens is 356 g/mol. The summed E-state index contributed by atoms with van der Waals surface area (Å²) in [7, 11) is -1.72. The van der Waals surface area contributed by atoms with Crippen LogP contribution in [0, 0.1) is 11.8 Å². The number of carbonyl (C=O) groups excluding carboxylic acids is 1.